The number of carbonyl (C=O) groups excluding carboxylic acids is 1. The van der Waals surface area contributed by atoms with E-state index in [2.05, 4.69) is 17.9 Å². The quantitative estimate of drug-likeness (QED) is 0.698. The van der Waals surface area contributed by atoms with Gasteiger partial charge in [-0.25, -0.2) is 0 Å². The fraction of sp³-hybridized carbons (Fsp3) is 0.300. The molecule has 0 saturated carbocycles. The molecule has 0 saturated heterocycles. The zero-order chi connectivity index (χ0) is 9.90. The van der Waals surface area contributed by atoms with Crippen molar-refractivity contribution in [3.05, 3.63) is 35.9 Å². The Hall–Kier alpha value is -0.960. The molecule has 70 valence electrons. The summed E-state index contributed by atoms with van der Waals surface area (Å²) in [6.45, 7) is 3.88. The monoisotopic (exact) mass is 195 g/mol. The molecule has 2 nitrogen and oxygen atoms in total. The lowest BCUT2D eigenvalue weighted by Gasteiger charge is -2.25. The van der Waals surface area contributed by atoms with E-state index in [0.717, 1.165) is 5.56 Å². The molecule has 0 heterocycles. The fourth-order valence-electron chi connectivity index (χ4n) is 1.19. The number of amides is 1. The van der Waals surface area contributed by atoms with Gasteiger partial charge in [0.2, 0.25) is 0 Å². The van der Waals surface area contributed by atoms with Crippen LogP contribution in [0.25, 0.3) is 0 Å². The van der Waals surface area contributed by atoms with Crippen molar-refractivity contribution >= 4 is 17.9 Å². The van der Waals surface area contributed by atoms with Gasteiger partial charge in [-0.1, -0.05) is 43.0 Å². The number of hydrogen-bond donors (Lipinski definition) is 2. The molecule has 3 heteroatoms. The van der Waals surface area contributed by atoms with Crippen LogP contribution in [-0.4, -0.2) is 5.24 Å². The summed E-state index contributed by atoms with van der Waals surface area (Å²) < 4.78 is 0. The highest BCUT2D eigenvalue weighted by Gasteiger charge is 2.20. The molecule has 0 radical (unpaired) electrons. The smallest absolute Gasteiger partial charge is 0.276 e. The van der Waals surface area contributed by atoms with E-state index < -0.39 is 0 Å². The van der Waals surface area contributed by atoms with Crippen LogP contribution in [0, 0.1) is 0 Å². The Morgan fingerprint density at radius 2 is 1.85 bits per heavy atom. The van der Waals surface area contributed by atoms with E-state index in [-0.39, 0.29) is 10.8 Å². The van der Waals surface area contributed by atoms with E-state index >= 15 is 0 Å². The van der Waals surface area contributed by atoms with Gasteiger partial charge < -0.3 is 5.32 Å². The Labute approximate surface area is 83.8 Å². The minimum absolute atomic E-state index is 0.311. The maximum Gasteiger partial charge on any atom is 0.276 e. The first kappa shape index (κ1) is 10.1. The minimum Gasteiger partial charge on any atom is -0.338 e. The summed E-state index contributed by atoms with van der Waals surface area (Å²) in [5.41, 5.74) is 0.706. The van der Waals surface area contributed by atoms with Crippen molar-refractivity contribution in [3.8, 4) is 0 Å². The van der Waals surface area contributed by atoms with Crippen LogP contribution >= 0.6 is 12.6 Å². The van der Waals surface area contributed by atoms with Crippen molar-refractivity contribution in [2.24, 2.45) is 0 Å². The average molecular weight is 195 g/mol. The highest BCUT2D eigenvalue weighted by Crippen LogP contribution is 2.19. The number of carbonyl (C=O) groups is 1. The molecule has 13 heavy (non-hydrogen) atoms. The number of thiol groups is 1. The summed E-state index contributed by atoms with van der Waals surface area (Å²) in [6, 6.07) is 9.79. The van der Waals surface area contributed by atoms with Crippen LogP contribution < -0.4 is 5.32 Å². The molecule has 1 rings (SSSR count). The SMILES string of the molecule is CC(C)(NC(=O)S)c1ccccc1. The molecule has 0 fully saturated rings. The van der Waals surface area contributed by atoms with Crippen LogP contribution in [0.4, 0.5) is 4.79 Å². The Kier molecular flexibility index (Phi) is 2.98. The fourth-order valence-corrected chi connectivity index (χ4v) is 1.47. The van der Waals surface area contributed by atoms with Crippen molar-refractivity contribution < 1.29 is 4.79 Å². The van der Waals surface area contributed by atoms with Crippen LogP contribution in [-0.2, 0) is 5.54 Å². The second-order valence-electron chi connectivity index (χ2n) is 3.42. The summed E-state index contributed by atoms with van der Waals surface area (Å²) >= 11 is 3.69. The second-order valence-corrected chi connectivity index (χ2v) is 3.83. The van der Waals surface area contributed by atoms with Gasteiger partial charge in [-0.3, -0.25) is 4.79 Å². The third kappa shape index (κ3) is 2.77. The molecule has 1 N–H and O–H groups in total. The summed E-state index contributed by atoms with van der Waals surface area (Å²) in [7, 11) is 0. The van der Waals surface area contributed by atoms with Crippen LogP contribution in [0.3, 0.4) is 0 Å². The van der Waals surface area contributed by atoms with Crippen LogP contribution in [0.5, 0.6) is 0 Å². The lowest BCUT2D eigenvalue weighted by molar-refractivity contribution is 0.251. The highest BCUT2D eigenvalue weighted by molar-refractivity contribution is 7.96. The number of nitrogens with one attached hydrogen (secondary N) is 1. The molecule has 0 aliphatic heterocycles. The van der Waals surface area contributed by atoms with Gasteiger partial charge in [0.25, 0.3) is 5.24 Å². The van der Waals surface area contributed by atoms with Crippen molar-refractivity contribution in [2.45, 2.75) is 19.4 Å². The number of benzene rings is 1. The molecule has 0 aliphatic carbocycles. The summed E-state index contributed by atoms with van der Waals surface area (Å²) in [5, 5.41) is 2.45. The van der Waals surface area contributed by atoms with Gasteiger partial charge in [0.15, 0.2) is 0 Å². The van der Waals surface area contributed by atoms with E-state index in [0.29, 0.717) is 0 Å². The average Bonchev–Trinajstić information content (AvgIpc) is 2.04. The van der Waals surface area contributed by atoms with Gasteiger partial charge in [0.05, 0.1) is 5.54 Å². The van der Waals surface area contributed by atoms with E-state index in [1.54, 1.807) is 0 Å². The molecule has 0 aliphatic rings. The first-order valence-electron chi connectivity index (χ1n) is 4.09. The molecule has 0 atom stereocenters. The standard InChI is InChI=1S/C10H13NOS/c1-10(2,11-9(12)13)8-6-4-3-5-7-8/h3-7H,1-2H3,(H2,11,12,13). The van der Waals surface area contributed by atoms with E-state index in [1.165, 1.54) is 0 Å². The van der Waals surface area contributed by atoms with Gasteiger partial charge in [-0.05, 0) is 19.4 Å². The molecule has 0 spiro atoms. The molecular formula is C10H13NOS. The van der Waals surface area contributed by atoms with Crippen molar-refractivity contribution in [2.75, 3.05) is 0 Å². The Morgan fingerprint density at radius 1 is 1.31 bits per heavy atom. The molecule has 1 aromatic carbocycles. The van der Waals surface area contributed by atoms with E-state index in [4.69, 9.17) is 0 Å². The zero-order valence-electron chi connectivity index (χ0n) is 7.74. The van der Waals surface area contributed by atoms with E-state index in [1.807, 2.05) is 44.2 Å². The molecule has 1 amide bonds. The van der Waals surface area contributed by atoms with Crippen molar-refractivity contribution in [3.63, 3.8) is 0 Å². The predicted octanol–water partition coefficient (Wildman–Crippen LogP) is 2.56. The van der Waals surface area contributed by atoms with Gasteiger partial charge in [-0.2, -0.15) is 0 Å². The zero-order valence-corrected chi connectivity index (χ0v) is 8.64. The Morgan fingerprint density at radius 3 is 2.31 bits per heavy atom. The van der Waals surface area contributed by atoms with Gasteiger partial charge in [0, 0.05) is 0 Å². The minimum atomic E-state index is -0.361. The third-order valence-electron chi connectivity index (χ3n) is 1.91. The van der Waals surface area contributed by atoms with Crippen LogP contribution in [0.15, 0.2) is 30.3 Å². The van der Waals surface area contributed by atoms with Crippen LogP contribution in [0.1, 0.15) is 19.4 Å². The third-order valence-corrected chi connectivity index (χ3v) is 2.03. The van der Waals surface area contributed by atoms with Gasteiger partial charge >= 0.3 is 0 Å². The van der Waals surface area contributed by atoms with Crippen LogP contribution in [0.2, 0.25) is 0 Å². The van der Waals surface area contributed by atoms with Gasteiger partial charge in [0.1, 0.15) is 0 Å². The Balaban J connectivity index is 2.87. The largest absolute Gasteiger partial charge is 0.338 e. The maximum absolute atomic E-state index is 10.8. The van der Waals surface area contributed by atoms with E-state index in [9.17, 15) is 4.79 Å². The Bertz CT molecular complexity index is 295. The van der Waals surface area contributed by atoms with Gasteiger partial charge in [-0.15, -0.1) is 0 Å². The second kappa shape index (κ2) is 3.83. The topological polar surface area (TPSA) is 29.1 Å². The molecule has 0 bridgehead atoms. The predicted molar refractivity (Wildman–Crippen MR) is 57.0 cm³/mol. The summed E-state index contributed by atoms with van der Waals surface area (Å²) in [4.78, 5) is 10.8. The first-order chi connectivity index (χ1) is 6.02. The summed E-state index contributed by atoms with van der Waals surface area (Å²) in [5.74, 6) is 0. The lowest BCUT2D eigenvalue weighted by atomic mass is 9.95. The molecule has 1 aromatic rings. The normalized spacial score (nSPS) is 11.0. The highest BCUT2D eigenvalue weighted by atomic mass is 32.1. The molecule has 0 unspecified atom stereocenters. The van der Waals surface area contributed by atoms with Crippen molar-refractivity contribution in [1.82, 2.24) is 5.32 Å². The first-order valence-corrected chi connectivity index (χ1v) is 4.54. The molecule has 0 aromatic heterocycles. The molecular weight excluding hydrogens is 182 g/mol. The number of rotatable bonds is 2. The number of hydrogen-bond acceptors (Lipinski definition) is 1. The maximum atomic E-state index is 10.8. The van der Waals surface area contributed by atoms with Crippen molar-refractivity contribution in [1.29, 1.82) is 0 Å². The summed E-state index contributed by atoms with van der Waals surface area (Å²) in [6.07, 6.45) is 0. The lowest BCUT2D eigenvalue weighted by Crippen LogP contribution is -2.38.